The largest absolute Gasteiger partial charge is 0.508 e. The van der Waals surface area contributed by atoms with E-state index in [1.54, 1.807) is 23.1 Å². The van der Waals surface area contributed by atoms with E-state index < -0.39 is 41.4 Å². The molecule has 1 saturated carbocycles. The van der Waals surface area contributed by atoms with Crippen LogP contribution in [0.3, 0.4) is 0 Å². The number of aromatic nitrogens is 2. The molecule has 14 heteroatoms. The summed E-state index contributed by atoms with van der Waals surface area (Å²) in [7, 11) is 0. The molecule has 4 aromatic rings. The van der Waals surface area contributed by atoms with Gasteiger partial charge in [-0.05, 0) is 81.3 Å². The fourth-order valence-corrected chi connectivity index (χ4v) is 9.08. The van der Waals surface area contributed by atoms with Gasteiger partial charge in [0.2, 0.25) is 0 Å². The summed E-state index contributed by atoms with van der Waals surface area (Å²) in [6.45, 7) is 4.62. The predicted octanol–water partition coefficient (Wildman–Crippen LogP) is 6.43. The van der Waals surface area contributed by atoms with Gasteiger partial charge in [-0.15, -0.1) is 6.42 Å². The minimum Gasteiger partial charge on any atom is -0.508 e. The van der Waals surface area contributed by atoms with Crippen LogP contribution >= 0.6 is 0 Å². The Morgan fingerprint density at radius 2 is 1.76 bits per heavy atom. The normalized spacial score (nSPS) is 23.1. The zero-order valence-corrected chi connectivity index (χ0v) is 29.4. The summed E-state index contributed by atoms with van der Waals surface area (Å²) in [5, 5.41) is 11.5. The maximum Gasteiger partial charge on any atom is 0.471 e. The van der Waals surface area contributed by atoms with Crippen molar-refractivity contribution in [3.63, 3.8) is 0 Å². The van der Waals surface area contributed by atoms with Gasteiger partial charge < -0.3 is 29.3 Å². The number of aromatic hydroxyl groups is 1. The average molecular weight is 748 g/mol. The molecule has 54 heavy (non-hydrogen) atoms. The fraction of sp³-hybridized carbons (Fsp3) is 0.475. The molecular weight excluding hydrogens is 709 g/mol. The van der Waals surface area contributed by atoms with Crippen LogP contribution in [0.25, 0.3) is 32.8 Å². The highest BCUT2D eigenvalue weighted by Gasteiger charge is 2.52. The Bertz CT molecular complexity index is 2210. The van der Waals surface area contributed by atoms with Crippen molar-refractivity contribution in [1.29, 1.82) is 0 Å². The van der Waals surface area contributed by atoms with Crippen LogP contribution in [0.1, 0.15) is 44.1 Å². The highest BCUT2D eigenvalue weighted by molar-refractivity contribution is 6.04. The van der Waals surface area contributed by atoms with Crippen LogP contribution in [-0.2, 0) is 9.53 Å². The molecule has 1 amide bonds. The Labute approximate surface area is 308 Å². The number of phenols is 1. The Kier molecular flexibility index (Phi) is 8.21. The fourth-order valence-electron chi connectivity index (χ4n) is 9.08. The second-order valence-corrected chi connectivity index (χ2v) is 15.9. The number of anilines is 1. The second-order valence-electron chi connectivity index (χ2n) is 15.9. The average Bonchev–Trinajstić information content (AvgIpc) is 3.84. The number of hydrogen-bond acceptors (Lipinski definition) is 8. The molecule has 1 aromatic heterocycles. The number of carbonyl (C=O) groups is 1. The maximum absolute atomic E-state index is 17.1. The van der Waals surface area contributed by atoms with Gasteiger partial charge in [0.15, 0.2) is 5.82 Å². The number of terminal acetylenes is 1. The molecule has 3 aromatic carbocycles. The number of benzene rings is 3. The molecule has 4 aliphatic heterocycles. The third-order valence-electron chi connectivity index (χ3n) is 12.2. The highest BCUT2D eigenvalue weighted by atomic mass is 19.4. The van der Waals surface area contributed by atoms with Crippen LogP contribution < -0.4 is 9.64 Å². The van der Waals surface area contributed by atoms with Crippen molar-refractivity contribution in [3.05, 3.63) is 53.6 Å². The molecule has 2 unspecified atom stereocenters. The van der Waals surface area contributed by atoms with E-state index in [9.17, 15) is 23.1 Å². The topological polar surface area (TPSA) is 91.3 Å². The summed E-state index contributed by atoms with van der Waals surface area (Å²) in [4.78, 5) is 26.6. The van der Waals surface area contributed by atoms with Crippen molar-refractivity contribution in [1.82, 2.24) is 19.8 Å². The minimum atomic E-state index is -5.02. The zero-order valence-electron chi connectivity index (χ0n) is 29.4. The highest BCUT2D eigenvalue weighted by Crippen LogP contribution is 2.49. The molecule has 282 valence electrons. The molecule has 1 aliphatic carbocycles. The molecular formula is C40H38F5N5O4. The van der Waals surface area contributed by atoms with Crippen LogP contribution in [0.2, 0.25) is 0 Å². The molecule has 5 fully saturated rings. The Hall–Kier alpha value is -4.74. The Morgan fingerprint density at radius 3 is 2.39 bits per heavy atom. The summed E-state index contributed by atoms with van der Waals surface area (Å²) in [5.74, 6) is -1.45. The standard InChI is InChI=1S/C40H38F5N5O4/c1-2-23-4-3-5-24-14-27(51)15-28(31(23)24)32-30(41)16-29-34(33(32)42)46-37(54-22-38(8-9-38)19-48-12-10-39(11-13-48)20-53-21-39)47-35(29)49-17-25-6-7-26(18-49)50(25)36(52)40(43,44)45/h1,3-5,14-16,25-26,51H,6-13,17-22H2. The summed E-state index contributed by atoms with van der Waals surface area (Å²) in [6.07, 6.45) is 5.48. The third-order valence-corrected chi connectivity index (χ3v) is 12.2. The first kappa shape index (κ1) is 35.0. The van der Waals surface area contributed by atoms with Crippen LogP contribution in [0.4, 0.5) is 27.8 Å². The number of amides is 1. The van der Waals surface area contributed by atoms with E-state index in [4.69, 9.17) is 15.9 Å². The minimum absolute atomic E-state index is 0.00100. The molecule has 5 heterocycles. The van der Waals surface area contributed by atoms with Crippen LogP contribution in [-0.4, -0.2) is 102 Å². The number of halogens is 5. The van der Waals surface area contributed by atoms with Crippen molar-refractivity contribution < 1.29 is 41.3 Å². The van der Waals surface area contributed by atoms with Crippen LogP contribution in [0, 0.1) is 34.8 Å². The summed E-state index contributed by atoms with van der Waals surface area (Å²) < 4.78 is 85.9. The van der Waals surface area contributed by atoms with Crippen LogP contribution in [0.5, 0.6) is 11.8 Å². The zero-order chi connectivity index (χ0) is 37.6. The molecule has 1 N–H and O–H groups in total. The lowest BCUT2D eigenvalue weighted by molar-refractivity contribution is -0.188. The van der Waals surface area contributed by atoms with Gasteiger partial charge >= 0.3 is 18.1 Å². The van der Waals surface area contributed by atoms with Crippen molar-refractivity contribution in [3.8, 4) is 35.2 Å². The van der Waals surface area contributed by atoms with E-state index in [1.807, 2.05) is 0 Å². The van der Waals surface area contributed by atoms with E-state index in [1.165, 1.54) is 12.1 Å². The number of phenolic OH excluding ortho intramolecular Hbond substituents is 1. The quantitative estimate of drug-likeness (QED) is 0.171. The third kappa shape index (κ3) is 5.96. The smallest absolute Gasteiger partial charge is 0.471 e. The first-order valence-electron chi connectivity index (χ1n) is 18.4. The molecule has 4 saturated heterocycles. The molecule has 2 bridgehead atoms. The van der Waals surface area contributed by atoms with Crippen molar-refractivity contribution in [2.45, 2.75) is 56.8 Å². The first-order chi connectivity index (χ1) is 25.9. The molecule has 1 spiro atoms. The lowest BCUT2D eigenvalue weighted by Gasteiger charge is -2.47. The summed E-state index contributed by atoms with van der Waals surface area (Å²) >= 11 is 0. The second kappa shape index (κ2) is 12.7. The van der Waals surface area contributed by atoms with Gasteiger partial charge in [0, 0.05) is 52.4 Å². The van der Waals surface area contributed by atoms with Gasteiger partial charge in [-0.2, -0.15) is 23.1 Å². The number of alkyl halides is 3. The summed E-state index contributed by atoms with van der Waals surface area (Å²) in [6, 6.07) is 7.13. The first-order valence-corrected chi connectivity index (χ1v) is 18.4. The van der Waals surface area contributed by atoms with E-state index in [0.29, 0.717) is 34.6 Å². The van der Waals surface area contributed by atoms with Crippen molar-refractivity contribution in [2.24, 2.45) is 10.8 Å². The molecule has 9 rings (SSSR count). The van der Waals surface area contributed by atoms with E-state index in [0.717, 1.165) is 69.5 Å². The number of fused-ring (bicyclic) bond motifs is 4. The molecule has 0 radical (unpaired) electrons. The Balaban J connectivity index is 1.10. The number of ether oxygens (including phenoxy) is 2. The van der Waals surface area contributed by atoms with E-state index in [-0.39, 0.29) is 59.2 Å². The van der Waals surface area contributed by atoms with Crippen LogP contribution in [0.15, 0.2) is 36.4 Å². The molecule has 2 atom stereocenters. The van der Waals surface area contributed by atoms with Crippen molar-refractivity contribution >= 4 is 33.4 Å². The number of carbonyl (C=O) groups excluding carboxylic acids is 1. The molecule has 9 nitrogen and oxygen atoms in total. The number of nitrogens with zero attached hydrogens (tertiary/aromatic N) is 5. The maximum atomic E-state index is 17.1. The molecule has 5 aliphatic rings. The number of likely N-dealkylation sites (tertiary alicyclic amines) is 1. The predicted molar refractivity (Wildman–Crippen MR) is 190 cm³/mol. The lowest BCUT2D eigenvalue weighted by atomic mass is 9.76. The van der Waals surface area contributed by atoms with E-state index in [2.05, 4.69) is 20.8 Å². The number of piperidine rings is 1. The van der Waals surface area contributed by atoms with Gasteiger partial charge in [0.05, 0.1) is 37.5 Å². The SMILES string of the molecule is C#Cc1cccc2cc(O)cc(-c3c(F)cc4c(N5CC6CCC(C5)N6C(=O)C(F)(F)F)nc(OCC5(CN6CCC7(CC6)COC7)CC5)nc4c3F)c12. The van der Waals surface area contributed by atoms with Gasteiger partial charge in [0.25, 0.3) is 0 Å². The van der Waals surface area contributed by atoms with E-state index >= 15 is 8.78 Å². The summed E-state index contributed by atoms with van der Waals surface area (Å²) in [5.41, 5.74) is -0.142. The number of rotatable bonds is 7. The number of hydrogen-bond donors (Lipinski definition) is 1. The van der Waals surface area contributed by atoms with Gasteiger partial charge in [-0.25, -0.2) is 8.78 Å². The lowest BCUT2D eigenvalue weighted by Crippen LogP contribution is -2.59. The Morgan fingerprint density at radius 1 is 1.04 bits per heavy atom. The number of piperazine rings is 1. The van der Waals surface area contributed by atoms with Gasteiger partial charge in [0.1, 0.15) is 22.9 Å². The monoisotopic (exact) mass is 747 g/mol. The van der Waals surface area contributed by atoms with Gasteiger partial charge in [-0.3, -0.25) is 4.79 Å². The van der Waals surface area contributed by atoms with Crippen molar-refractivity contribution in [2.75, 3.05) is 57.4 Å². The van der Waals surface area contributed by atoms with Gasteiger partial charge in [-0.1, -0.05) is 18.1 Å².